The Morgan fingerprint density at radius 3 is 2.24 bits per heavy atom. The molecule has 1 aliphatic rings. The Bertz CT molecular complexity index is 685. The van der Waals surface area contributed by atoms with Crippen LogP contribution >= 0.6 is 0 Å². The minimum atomic E-state index is -3.29. The average molecular weight is 310 g/mol. The van der Waals surface area contributed by atoms with E-state index in [1.54, 1.807) is 6.92 Å². The molecular weight excluding hydrogens is 284 g/mol. The Morgan fingerprint density at radius 1 is 1.14 bits per heavy atom. The minimum absolute atomic E-state index is 0.261. The van der Waals surface area contributed by atoms with E-state index < -0.39 is 9.84 Å². The van der Waals surface area contributed by atoms with Crippen LogP contribution in [0.4, 0.5) is 0 Å². The first-order chi connectivity index (χ1) is 9.53. The summed E-state index contributed by atoms with van der Waals surface area (Å²) in [5, 5.41) is -0.359. The summed E-state index contributed by atoms with van der Waals surface area (Å²) in [6.45, 7) is 13.6. The predicted octanol–water partition coefficient (Wildman–Crippen LogP) is 3.90. The molecule has 0 amide bonds. The third kappa shape index (κ3) is 2.48. The van der Waals surface area contributed by atoms with E-state index in [-0.39, 0.29) is 10.9 Å². The second-order valence-corrected chi connectivity index (χ2v) is 9.12. The number of hydrogen-bond acceptors (Lipinski definition) is 3. The normalized spacial score (nSPS) is 18.2. The van der Waals surface area contributed by atoms with Gasteiger partial charge in [0.1, 0.15) is 11.4 Å². The van der Waals surface area contributed by atoms with Crippen molar-refractivity contribution in [2.45, 2.75) is 77.1 Å². The van der Waals surface area contributed by atoms with E-state index in [4.69, 9.17) is 4.74 Å². The van der Waals surface area contributed by atoms with Crippen molar-refractivity contribution < 1.29 is 13.2 Å². The van der Waals surface area contributed by atoms with Gasteiger partial charge in [0, 0.05) is 12.0 Å². The molecule has 0 fully saturated rings. The molecule has 1 atom stereocenters. The van der Waals surface area contributed by atoms with Crippen molar-refractivity contribution in [1.29, 1.82) is 0 Å². The van der Waals surface area contributed by atoms with Crippen molar-refractivity contribution in [3.8, 4) is 5.75 Å². The second-order valence-electron chi connectivity index (χ2n) is 6.81. The minimum Gasteiger partial charge on any atom is -0.487 e. The fraction of sp³-hybridized carbons (Fsp3) is 0.647. The van der Waals surface area contributed by atoms with Gasteiger partial charge in [0.25, 0.3) is 0 Å². The predicted molar refractivity (Wildman–Crippen MR) is 86.0 cm³/mol. The summed E-state index contributed by atoms with van der Waals surface area (Å²) in [5.74, 6) is 0.887. The van der Waals surface area contributed by atoms with Gasteiger partial charge in [-0.25, -0.2) is 8.42 Å². The molecule has 0 aliphatic carbocycles. The summed E-state index contributed by atoms with van der Waals surface area (Å²) in [6, 6.07) is 0. The Labute approximate surface area is 128 Å². The average Bonchev–Trinajstić information content (AvgIpc) is 2.71. The molecule has 1 heterocycles. The van der Waals surface area contributed by atoms with Gasteiger partial charge in [0.05, 0.1) is 10.1 Å². The van der Waals surface area contributed by atoms with Crippen LogP contribution in [0.2, 0.25) is 0 Å². The highest BCUT2D eigenvalue weighted by molar-refractivity contribution is 7.92. The van der Waals surface area contributed by atoms with Gasteiger partial charge in [0.2, 0.25) is 0 Å². The van der Waals surface area contributed by atoms with Gasteiger partial charge >= 0.3 is 0 Å². The fourth-order valence-corrected chi connectivity index (χ4v) is 5.06. The van der Waals surface area contributed by atoms with E-state index in [1.807, 2.05) is 41.5 Å². The summed E-state index contributed by atoms with van der Waals surface area (Å²) in [5.41, 5.74) is 3.47. The zero-order valence-corrected chi connectivity index (χ0v) is 14.9. The zero-order chi connectivity index (χ0) is 16.2. The van der Waals surface area contributed by atoms with Crippen molar-refractivity contribution in [3.05, 3.63) is 22.3 Å². The first-order valence-electron chi connectivity index (χ1n) is 7.58. The van der Waals surface area contributed by atoms with E-state index in [1.165, 1.54) is 0 Å². The van der Waals surface area contributed by atoms with E-state index in [2.05, 4.69) is 0 Å². The molecule has 0 N–H and O–H groups in total. The first kappa shape index (κ1) is 16.3. The van der Waals surface area contributed by atoms with Gasteiger partial charge in [-0.15, -0.1) is 0 Å². The fourth-order valence-electron chi connectivity index (χ4n) is 3.09. The van der Waals surface area contributed by atoms with Crippen LogP contribution in [0.1, 0.15) is 56.4 Å². The third-order valence-electron chi connectivity index (χ3n) is 4.68. The molecule has 0 aromatic heterocycles. The molecular formula is C17H26O3S. The zero-order valence-electron chi connectivity index (χ0n) is 14.1. The van der Waals surface area contributed by atoms with E-state index in [0.717, 1.165) is 34.4 Å². The summed E-state index contributed by atoms with van der Waals surface area (Å²) >= 11 is 0. The number of benzene rings is 1. The number of rotatable bonds is 3. The quantitative estimate of drug-likeness (QED) is 0.850. The third-order valence-corrected chi connectivity index (χ3v) is 7.26. The highest BCUT2D eigenvalue weighted by Gasteiger charge is 2.37. The van der Waals surface area contributed by atoms with Crippen molar-refractivity contribution in [3.63, 3.8) is 0 Å². The summed E-state index contributed by atoms with van der Waals surface area (Å²) in [7, 11) is -3.29. The number of sulfone groups is 1. The summed E-state index contributed by atoms with van der Waals surface area (Å²) in [4.78, 5) is 0.523. The van der Waals surface area contributed by atoms with Crippen LogP contribution in [0.5, 0.6) is 5.75 Å². The number of hydrogen-bond donors (Lipinski definition) is 0. The molecule has 1 aromatic carbocycles. The van der Waals surface area contributed by atoms with Crippen molar-refractivity contribution >= 4 is 9.84 Å². The topological polar surface area (TPSA) is 43.4 Å². The van der Waals surface area contributed by atoms with E-state index in [0.29, 0.717) is 11.3 Å². The monoisotopic (exact) mass is 310 g/mol. The Hall–Kier alpha value is -1.03. The van der Waals surface area contributed by atoms with Crippen molar-refractivity contribution in [2.24, 2.45) is 0 Å². The van der Waals surface area contributed by atoms with Crippen molar-refractivity contribution in [1.82, 2.24) is 0 Å². The maximum absolute atomic E-state index is 12.9. The Balaban J connectivity index is 2.76. The van der Waals surface area contributed by atoms with Gasteiger partial charge in [-0.2, -0.15) is 0 Å². The maximum atomic E-state index is 12.9. The molecule has 4 heteroatoms. The van der Waals surface area contributed by atoms with Gasteiger partial charge in [0.15, 0.2) is 9.84 Å². The van der Waals surface area contributed by atoms with E-state index >= 15 is 0 Å². The molecule has 1 unspecified atom stereocenters. The Kier molecular flexibility index (Phi) is 3.90. The lowest BCUT2D eigenvalue weighted by atomic mass is 9.94. The number of fused-ring (bicyclic) bond motifs is 1. The van der Waals surface area contributed by atoms with Gasteiger partial charge in [-0.05, 0) is 64.7 Å². The van der Waals surface area contributed by atoms with Crippen LogP contribution in [0.3, 0.4) is 0 Å². The highest BCUT2D eigenvalue weighted by atomic mass is 32.2. The summed E-state index contributed by atoms with van der Waals surface area (Å²) < 4.78 is 31.8. The lowest BCUT2D eigenvalue weighted by molar-refractivity contribution is 0.137. The molecule has 0 spiro atoms. The lowest BCUT2D eigenvalue weighted by Crippen LogP contribution is -2.25. The van der Waals surface area contributed by atoms with Crippen LogP contribution in [0.25, 0.3) is 0 Å². The molecule has 2 rings (SSSR count). The van der Waals surface area contributed by atoms with Gasteiger partial charge in [-0.1, -0.05) is 6.92 Å². The molecule has 0 saturated heterocycles. The molecule has 0 saturated carbocycles. The second kappa shape index (κ2) is 5.01. The van der Waals surface area contributed by atoms with Crippen LogP contribution in [0.15, 0.2) is 4.90 Å². The van der Waals surface area contributed by atoms with Crippen LogP contribution < -0.4 is 4.74 Å². The SMILES string of the molecule is CCC(C)S(=O)(=O)c1c(C)c(C)c2c(c1C)CC(C)(C)O2. The lowest BCUT2D eigenvalue weighted by Gasteiger charge is -2.20. The molecule has 118 valence electrons. The maximum Gasteiger partial charge on any atom is 0.181 e. The summed E-state index contributed by atoms with van der Waals surface area (Å²) in [6.07, 6.45) is 1.39. The molecule has 0 radical (unpaired) electrons. The highest BCUT2D eigenvalue weighted by Crippen LogP contribution is 2.44. The molecule has 0 bridgehead atoms. The number of ether oxygens (including phenoxy) is 1. The molecule has 3 nitrogen and oxygen atoms in total. The van der Waals surface area contributed by atoms with Crippen LogP contribution in [-0.2, 0) is 16.3 Å². The van der Waals surface area contributed by atoms with E-state index in [9.17, 15) is 8.42 Å². The standard InChI is InChI=1S/C17H26O3S/c1-8-10(2)21(18,19)16-12(4)11(3)15-14(13(16)5)9-17(6,7)20-15/h10H,8-9H2,1-7H3. The molecule has 21 heavy (non-hydrogen) atoms. The molecule has 1 aliphatic heterocycles. The van der Waals surface area contributed by atoms with Gasteiger partial charge in [-0.3, -0.25) is 0 Å². The van der Waals surface area contributed by atoms with Crippen LogP contribution in [0, 0.1) is 20.8 Å². The Morgan fingerprint density at radius 2 is 1.71 bits per heavy atom. The smallest absolute Gasteiger partial charge is 0.181 e. The van der Waals surface area contributed by atoms with Crippen molar-refractivity contribution in [2.75, 3.05) is 0 Å². The van der Waals surface area contributed by atoms with Crippen LogP contribution in [-0.4, -0.2) is 19.3 Å². The first-order valence-corrected chi connectivity index (χ1v) is 9.13. The largest absolute Gasteiger partial charge is 0.487 e. The van der Waals surface area contributed by atoms with Gasteiger partial charge < -0.3 is 4.74 Å². The molecule has 1 aromatic rings.